The fourth-order valence-electron chi connectivity index (χ4n) is 4.66. The molecule has 0 atom stereocenters. The number of hydrogen-bond donors (Lipinski definition) is 5. The van der Waals surface area contributed by atoms with Crippen LogP contribution in [-0.4, -0.2) is 45.8 Å². The minimum atomic E-state index is 0.617. The highest BCUT2D eigenvalue weighted by Crippen LogP contribution is 2.09. The van der Waals surface area contributed by atoms with Crippen molar-refractivity contribution < 1.29 is 0 Å². The smallest absolute Gasteiger partial charge is 0.0474 e. The monoisotopic (exact) mass is 637 g/mol. The van der Waals surface area contributed by atoms with Crippen molar-refractivity contribution >= 4 is 11.6 Å². The predicted molar refractivity (Wildman–Crippen MR) is 199 cm³/mol. The van der Waals surface area contributed by atoms with Crippen molar-refractivity contribution in [2.24, 2.45) is 5.73 Å². The lowest BCUT2D eigenvalue weighted by Crippen LogP contribution is -2.32. The lowest BCUT2D eigenvalue weighted by molar-refractivity contribution is 0.580. The van der Waals surface area contributed by atoms with Gasteiger partial charge in [0.05, 0.1) is 0 Å². The van der Waals surface area contributed by atoms with E-state index in [2.05, 4.69) is 122 Å². The Morgan fingerprint density at radius 1 is 0.422 bits per heavy atom. The van der Waals surface area contributed by atoms with Crippen LogP contribution in [0.1, 0.15) is 86.8 Å². The zero-order valence-electron chi connectivity index (χ0n) is 28.9. The maximum atomic E-state index is 5.66. The Hall–Kier alpha value is -2.25. The Labute approximate surface area is 281 Å². The van der Waals surface area contributed by atoms with Crippen LogP contribution in [0.3, 0.4) is 0 Å². The predicted octanol–water partition coefficient (Wildman–Crippen LogP) is 7.38. The lowest BCUT2D eigenvalue weighted by atomic mass is 10.1. The quantitative estimate of drug-likeness (QED) is 0.0622. The van der Waals surface area contributed by atoms with Crippen LogP contribution in [0.5, 0.6) is 0 Å². The molecule has 6 N–H and O–H groups in total. The fraction of sp³-hybridized carbons (Fsp3) is 0.538. The second-order valence-electron chi connectivity index (χ2n) is 11.5. The van der Waals surface area contributed by atoms with Crippen LogP contribution in [0.2, 0.25) is 0 Å². The molecule has 0 aliphatic heterocycles. The summed E-state index contributed by atoms with van der Waals surface area (Å²) in [5, 5.41) is 13.6. The molecule has 0 bridgehead atoms. The van der Waals surface area contributed by atoms with Gasteiger partial charge in [-0.15, -0.1) is 11.6 Å². The summed E-state index contributed by atoms with van der Waals surface area (Å²) in [6.45, 7) is 17.5. The van der Waals surface area contributed by atoms with Gasteiger partial charge in [-0.05, 0) is 65.6 Å². The molecule has 0 radical (unpaired) electrons. The zero-order chi connectivity index (χ0) is 32.8. The maximum absolute atomic E-state index is 5.66. The van der Waals surface area contributed by atoms with Crippen LogP contribution in [0, 0.1) is 0 Å². The average Bonchev–Trinajstić information content (AvgIpc) is 3.07. The van der Waals surface area contributed by atoms with E-state index in [9.17, 15) is 0 Å². The summed E-state index contributed by atoms with van der Waals surface area (Å²) in [6, 6.07) is 26.5. The second kappa shape index (κ2) is 29.2. The molecule has 5 nitrogen and oxygen atoms in total. The Kier molecular flexibility index (Phi) is 26.4. The summed E-state index contributed by atoms with van der Waals surface area (Å²) in [5.41, 5.74) is 13.4. The molecule has 252 valence electrons. The molecule has 0 heterocycles. The molecular formula is C39H64ClN5. The Morgan fingerprint density at radius 2 is 0.756 bits per heavy atom. The number of rotatable bonds is 21. The Morgan fingerprint density at radius 3 is 1.09 bits per heavy atom. The lowest BCUT2D eigenvalue weighted by Gasteiger charge is -2.09. The van der Waals surface area contributed by atoms with Gasteiger partial charge in [0.15, 0.2) is 0 Å². The van der Waals surface area contributed by atoms with E-state index >= 15 is 0 Å². The first-order valence-corrected chi connectivity index (χ1v) is 18.0. The minimum Gasteiger partial charge on any atom is -0.329 e. The number of aryl methyl sites for hydroxylation is 3. The SMILES string of the molecule is CCCNCCN.CCCc1ccc(CCl)cc1.CCCc1ccc(CNCCNCCNCc2ccc(CCC)cc2)cc1. The molecule has 3 aromatic rings. The number of nitrogens with one attached hydrogen (secondary N) is 4. The molecule has 45 heavy (non-hydrogen) atoms. The summed E-state index contributed by atoms with van der Waals surface area (Å²) < 4.78 is 0. The Bertz CT molecular complexity index is 979. The van der Waals surface area contributed by atoms with Gasteiger partial charge in [0, 0.05) is 58.2 Å². The van der Waals surface area contributed by atoms with Crippen molar-refractivity contribution in [1.82, 2.24) is 21.3 Å². The van der Waals surface area contributed by atoms with E-state index in [-0.39, 0.29) is 0 Å². The third kappa shape index (κ3) is 22.0. The van der Waals surface area contributed by atoms with Crippen LogP contribution < -0.4 is 27.0 Å². The topological polar surface area (TPSA) is 74.1 Å². The summed E-state index contributed by atoms with van der Waals surface area (Å²) in [6.07, 6.45) is 8.35. The van der Waals surface area contributed by atoms with Crippen LogP contribution in [0.25, 0.3) is 0 Å². The first kappa shape index (κ1) is 40.8. The van der Waals surface area contributed by atoms with E-state index in [0.29, 0.717) is 5.88 Å². The standard InChI is InChI=1S/C24H37N3.C10H13Cl.C5H14N2/c1-3-5-21-7-11-23(12-8-21)19-26-17-15-25-16-18-27-20-24-13-9-22(6-4-2)10-14-24;1-2-3-9-4-6-10(8-11)7-5-9;1-2-4-7-5-3-6/h7-14,25-27H,3-6,15-20H2,1-2H3;4-7H,2-3,8H2,1H3;7H,2-6H2,1H3. The van der Waals surface area contributed by atoms with Gasteiger partial charge in [0.2, 0.25) is 0 Å². The van der Waals surface area contributed by atoms with Gasteiger partial charge in [-0.3, -0.25) is 0 Å². The van der Waals surface area contributed by atoms with Crippen LogP contribution in [0.4, 0.5) is 0 Å². The Balaban J connectivity index is 0.000000458. The normalized spacial score (nSPS) is 10.5. The minimum absolute atomic E-state index is 0.617. The molecule has 0 saturated heterocycles. The molecule has 3 aromatic carbocycles. The maximum Gasteiger partial charge on any atom is 0.0474 e. The van der Waals surface area contributed by atoms with E-state index in [1.54, 1.807) is 0 Å². The van der Waals surface area contributed by atoms with Gasteiger partial charge in [0.1, 0.15) is 0 Å². The van der Waals surface area contributed by atoms with Crippen LogP contribution in [-0.2, 0) is 38.2 Å². The number of alkyl halides is 1. The number of hydrogen-bond acceptors (Lipinski definition) is 5. The molecule has 3 rings (SSSR count). The van der Waals surface area contributed by atoms with Crippen molar-refractivity contribution in [2.45, 2.75) is 91.6 Å². The second-order valence-corrected chi connectivity index (χ2v) is 11.7. The van der Waals surface area contributed by atoms with E-state index in [4.69, 9.17) is 17.3 Å². The van der Waals surface area contributed by atoms with E-state index in [1.807, 2.05) is 0 Å². The number of nitrogens with two attached hydrogens (primary N) is 1. The van der Waals surface area contributed by atoms with Gasteiger partial charge < -0.3 is 27.0 Å². The highest BCUT2D eigenvalue weighted by atomic mass is 35.5. The van der Waals surface area contributed by atoms with Crippen molar-refractivity contribution in [3.63, 3.8) is 0 Å². The third-order valence-corrected chi connectivity index (χ3v) is 7.51. The summed E-state index contributed by atoms with van der Waals surface area (Å²) >= 11 is 5.66. The molecule has 0 aromatic heterocycles. The van der Waals surface area contributed by atoms with E-state index in [1.165, 1.54) is 78.3 Å². The number of halogens is 1. The van der Waals surface area contributed by atoms with Gasteiger partial charge >= 0.3 is 0 Å². The van der Waals surface area contributed by atoms with Crippen molar-refractivity contribution in [1.29, 1.82) is 0 Å². The van der Waals surface area contributed by atoms with E-state index < -0.39 is 0 Å². The first-order chi connectivity index (χ1) is 22.1. The van der Waals surface area contributed by atoms with Crippen molar-refractivity contribution in [2.75, 3.05) is 45.8 Å². The molecule has 6 heteroatoms. The first-order valence-electron chi connectivity index (χ1n) is 17.4. The van der Waals surface area contributed by atoms with Gasteiger partial charge in [0.25, 0.3) is 0 Å². The van der Waals surface area contributed by atoms with Crippen molar-refractivity contribution in [3.8, 4) is 0 Å². The van der Waals surface area contributed by atoms with Crippen LogP contribution >= 0.6 is 11.6 Å². The highest BCUT2D eigenvalue weighted by Gasteiger charge is 1.97. The fourth-order valence-corrected chi connectivity index (χ4v) is 4.83. The molecule has 0 spiro atoms. The van der Waals surface area contributed by atoms with Gasteiger partial charge in [-0.25, -0.2) is 0 Å². The molecule has 0 amide bonds. The van der Waals surface area contributed by atoms with Crippen molar-refractivity contribution in [3.05, 3.63) is 106 Å². The summed E-state index contributed by atoms with van der Waals surface area (Å²) in [7, 11) is 0. The zero-order valence-corrected chi connectivity index (χ0v) is 29.7. The summed E-state index contributed by atoms with van der Waals surface area (Å²) in [5.74, 6) is 0.617. The van der Waals surface area contributed by atoms with Gasteiger partial charge in [-0.2, -0.15) is 0 Å². The molecule has 0 aliphatic rings. The summed E-state index contributed by atoms with van der Waals surface area (Å²) in [4.78, 5) is 0. The molecule has 0 aliphatic carbocycles. The third-order valence-electron chi connectivity index (χ3n) is 7.20. The van der Waals surface area contributed by atoms with Crippen LogP contribution in [0.15, 0.2) is 72.8 Å². The average molecular weight is 638 g/mol. The number of benzene rings is 3. The molecule has 0 unspecified atom stereocenters. The molecular weight excluding hydrogens is 574 g/mol. The molecule has 0 fully saturated rings. The largest absolute Gasteiger partial charge is 0.329 e. The highest BCUT2D eigenvalue weighted by molar-refractivity contribution is 6.17. The van der Waals surface area contributed by atoms with E-state index in [0.717, 1.165) is 58.9 Å². The molecule has 0 saturated carbocycles. The van der Waals surface area contributed by atoms with Gasteiger partial charge in [-0.1, -0.05) is 120 Å².